The number of rotatable bonds is 16. The number of hydrogen-bond acceptors (Lipinski definition) is 15. The van der Waals surface area contributed by atoms with Crippen molar-refractivity contribution < 1.29 is 24.1 Å². The first-order valence-electron chi connectivity index (χ1n) is 26.7. The van der Waals surface area contributed by atoms with Crippen molar-refractivity contribution in [3.8, 4) is 53.2 Å². The van der Waals surface area contributed by atoms with Crippen LogP contribution in [-0.2, 0) is 35.4 Å². The van der Waals surface area contributed by atoms with E-state index in [2.05, 4.69) is 148 Å². The summed E-state index contributed by atoms with van der Waals surface area (Å²) in [4.78, 5) is 36.5. The van der Waals surface area contributed by atoms with Gasteiger partial charge in [-0.3, -0.25) is 14.6 Å². The Morgan fingerprint density at radius 2 is 1.01 bits per heavy atom. The zero-order valence-electron chi connectivity index (χ0n) is 44.4. The summed E-state index contributed by atoms with van der Waals surface area (Å²) in [5.74, 6) is 14.1. The number of hydrogen-bond donors (Lipinski definition) is 2. The number of H-pyrrole nitrogens is 1. The third-order valence-corrected chi connectivity index (χ3v) is 14.7. The molecule has 0 unspecified atom stereocenters. The van der Waals surface area contributed by atoms with Crippen LogP contribution in [-0.4, -0.2) is 151 Å². The Bertz CT molecular complexity index is 3180. The number of benzene rings is 4. The molecule has 16 nitrogen and oxygen atoms in total. The second-order valence-corrected chi connectivity index (χ2v) is 20.2. The van der Waals surface area contributed by atoms with Crippen molar-refractivity contribution >= 4 is 0 Å². The van der Waals surface area contributed by atoms with Gasteiger partial charge >= 0.3 is 0 Å². The lowest BCUT2D eigenvalue weighted by atomic mass is 9.90. The Morgan fingerprint density at radius 3 is 1.42 bits per heavy atom. The standard InChI is InChI=1S/C32H35N5O3.C30H31N5O3/c1-38-31-30(34-23-35-32(31)39-2)17-29(22-37-20-27(18-33)21-37)28-11-9-25(10-12-28)4-3-24-5-7-26(8-6-24)19-36-13-15-40-16-14-36;31-16-25-18-35(19-25)20-27(15-28-29(36)30(37)33-21-32-28)26-9-7-23(8-10-26)2-1-22-3-5-24(6-4-22)17-34-11-13-38-14-12-34/h5-12,23,27,29H,13-17,19-22H2,1-2H3;3-10,21,25,27,36H,11-15,17-20H2,(H,32,33,37)/t29-;27-/m11/s1. The number of aromatic amines is 1. The van der Waals surface area contributed by atoms with Gasteiger partial charge in [-0.25, -0.2) is 9.97 Å². The summed E-state index contributed by atoms with van der Waals surface area (Å²) in [6.45, 7) is 13.6. The maximum atomic E-state index is 11.9. The van der Waals surface area contributed by atoms with Crippen LogP contribution in [0.5, 0.6) is 17.4 Å². The minimum atomic E-state index is -0.540. The summed E-state index contributed by atoms with van der Waals surface area (Å²) in [5, 5.41) is 28.6. The second kappa shape index (κ2) is 27.4. The lowest BCUT2D eigenvalue weighted by molar-refractivity contribution is 0.0341. The molecule has 2 N–H and O–H groups in total. The van der Waals surface area contributed by atoms with Crippen LogP contribution >= 0.6 is 0 Å². The van der Waals surface area contributed by atoms with Crippen molar-refractivity contribution in [1.29, 1.82) is 10.5 Å². The van der Waals surface area contributed by atoms with E-state index in [1.165, 1.54) is 29.3 Å². The highest BCUT2D eigenvalue weighted by Gasteiger charge is 2.31. The topological polar surface area (TPSA) is 189 Å². The van der Waals surface area contributed by atoms with E-state index >= 15 is 0 Å². The van der Waals surface area contributed by atoms with Gasteiger partial charge in [0.1, 0.15) is 6.33 Å². The molecule has 0 amide bonds. The fourth-order valence-corrected chi connectivity index (χ4v) is 10.1. The number of aromatic nitrogens is 4. The number of ether oxygens (including phenoxy) is 4. The molecular weight excluding hydrogens is 981 g/mol. The number of likely N-dealkylation sites (tertiary alicyclic amines) is 2. The summed E-state index contributed by atoms with van der Waals surface area (Å²) >= 11 is 0. The van der Waals surface area contributed by atoms with Crippen LogP contribution in [0.2, 0.25) is 0 Å². The van der Waals surface area contributed by atoms with Crippen molar-refractivity contribution in [2.75, 3.05) is 106 Å². The molecule has 4 aliphatic heterocycles. The largest absolute Gasteiger partial charge is 0.502 e. The molecule has 78 heavy (non-hydrogen) atoms. The predicted molar refractivity (Wildman–Crippen MR) is 296 cm³/mol. The van der Waals surface area contributed by atoms with Gasteiger partial charge in [0.05, 0.1) is 82.3 Å². The second-order valence-electron chi connectivity index (χ2n) is 20.2. The van der Waals surface area contributed by atoms with Crippen molar-refractivity contribution in [2.24, 2.45) is 11.8 Å². The Hall–Kier alpha value is -7.90. The molecule has 400 valence electrons. The van der Waals surface area contributed by atoms with Crippen molar-refractivity contribution in [3.63, 3.8) is 0 Å². The predicted octanol–water partition coefficient (Wildman–Crippen LogP) is 6.00. The molecule has 0 radical (unpaired) electrons. The van der Waals surface area contributed by atoms with Gasteiger partial charge in [0.15, 0.2) is 0 Å². The Balaban J connectivity index is 0.000000190. The molecule has 0 aliphatic carbocycles. The SMILES string of the molecule is COc1ncnc(C[C@H](CN2CC(C#N)C2)c2ccc(C#Cc3ccc(CN4CCOCC4)cc3)cc2)c1OC.N#CC1CN(C[C@@H](Cc2nc[nH]c(=O)c2O)c2ccc(C#Cc3ccc(CN4CCOCC4)cc3)cc2)C1. The average Bonchev–Trinajstić information content (AvgIpc) is 3.48. The van der Waals surface area contributed by atoms with Crippen molar-refractivity contribution in [1.82, 2.24) is 39.5 Å². The summed E-state index contributed by atoms with van der Waals surface area (Å²) in [7, 11) is 3.19. The molecular formula is C62H66N10O6. The molecule has 4 aliphatic rings. The normalized spacial score (nSPS) is 16.9. The van der Waals surface area contributed by atoms with E-state index < -0.39 is 5.56 Å². The summed E-state index contributed by atoms with van der Waals surface area (Å²) in [6.07, 6.45) is 3.91. The van der Waals surface area contributed by atoms with E-state index in [-0.39, 0.29) is 29.4 Å². The Morgan fingerprint density at radius 1 is 0.590 bits per heavy atom. The number of morpholine rings is 2. The van der Waals surface area contributed by atoms with Gasteiger partial charge in [0.25, 0.3) is 11.4 Å². The van der Waals surface area contributed by atoms with E-state index in [0.717, 1.165) is 132 Å². The van der Waals surface area contributed by atoms with Crippen LogP contribution < -0.4 is 15.0 Å². The smallest absolute Gasteiger partial charge is 0.293 e. The monoisotopic (exact) mass is 1050 g/mol. The third kappa shape index (κ3) is 15.2. The zero-order valence-corrected chi connectivity index (χ0v) is 44.4. The first-order valence-corrected chi connectivity index (χ1v) is 26.7. The van der Waals surface area contributed by atoms with Crippen molar-refractivity contribution in [2.45, 2.75) is 37.8 Å². The molecule has 0 bridgehead atoms. The third-order valence-electron chi connectivity index (χ3n) is 14.7. The minimum absolute atomic E-state index is 0.0101. The van der Waals surface area contributed by atoms with Gasteiger partial charge < -0.3 is 38.8 Å². The highest BCUT2D eigenvalue weighted by Crippen LogP contribution is 2.33. The molecule has 16 heteroatoms. The van der Waals surface area contributed by atoms with Gasteiger partial charge in [-0.15, -0.1) is 0 Å². The number of nitrogens with zero attached hydrogens (tertiary/aromatic N) is 9. The van der Waals surface area contributed by atoms with Crippen LogP contribution in [0.15, 0.2) is 115 Å². The van der Waals surface area contributed by atoms with E-state index in [0.29, 0.717) is 36.7 Å². The van der Waals surface area contributed by atoms with Crippen molar-refractivity contribution in [3.05, 3.63) is 176 Å². The fraction of sp³-hybridized carbons (Fsp3) is 0.387. The Labute approximate surface area is 457 Å². The highest BCUT2D eigenvalue weighted by molar-refractivity contribution is 5.47. The number of aromatic hydroxyl groups is 1. The lowest BCUT2D eigenvalue weighted by Crippen LogP contribution is -2.47. The lowest BCUT2D eigenvalue weighted by Gasteiger charge is -2.38. The molecule has 10 rings (SSSR count). The van der Waals surface area contributed by atoms with E-state index in [9.17, 15) is 15.2 Å². The molecule has 0 spiro atoms. The molecule has 2 atom stereocenters. The van der Waals surface area contributed by atoms with Crippen LogP contribution in [0, 0.1) is 58.2 Å². The summed E-state index contributed by atoms with van der Waals surface area (Å²) < 4.78 is 21.8. The fourth-order valence-electron chi connectivity index (χ4n) is 10.1. The first-order chi connectivity index (χ1) is 38.2. The number of methoxy groups -OCH3 is 2. The van der Waals surface area contributed by atoms with E-state index in [1.807, 2.05) is 24.3 Å². The van der Waals surface area contributed by atoms with Gasteiger partial charge in [0, 0.05) is 125 Å². The number of nitrogens with one attached hydrogen (secondary N) is 1. The van der Waals surface area contributed by atoms with Crippen LogP contribution in [0.1, 0.15) is 67.7 Å². The quantitative estimate of drug-likeness (QED) is 0.107. The van der Waals surface area contributed by atoms with Crippen LogP contribution in [0.3, 0.4) is 0 Å². The van der Waals surface area contributed by atoms with Crippen LogP contribution in [0.25, 0.3) is 0 Å². The molecule has 6 heterocycles. The molecule has 2 aromatic heterocycles. The zero-order chi connectivity index (χ0) is 54.1. The maximum Gasteiger partial charge on any atom is 0.293 e. The average molecular weight is 1050 g/mol. The van der Waals surface area contributed by atoms with Gasteiger partial charge in [-0.1, -0.05) is 72.2 Å². The molecule has 4 saturated heterocycles. The minimum Gasteiger partial charge on any atom is -0.502 e. The van der Waals surface area contributed by atoms with Gasteiger partial charge in [0.2, 0.25) is 11.5 Å². The molecule has 4 aromatic carbocycles. The molecule has 0 saturated carbocycles. The molecule has 4 fully saturated rings. The highest BCUT2D eigenvalue weighted by atomic mass is 16.5. The molecule has 6 aromatic rings. The van der Waals surface area contributed by atoms with E-state index in [4.69, 9.17) is 24.2 Å². The number of nitriles is 2. The van der Waals surface area contributed by atoms with E-state index in [1.54, 1.807) is 14.2 Å². The van der Waals surface area contributed by atoms with Crippen LogP contribution in [0.4, 0.5) is 0 Å². The summed E-state index contributed by atoms with van der Waals surface area (Å²) in [5.41, 5.74) is 9.33. The summed E-state index contributed by atoms with van der Waals surface area (Å²) in [6, 6.07) is 38.1. The van der Waals surface area contributed by atoms with Gasteiger partial charge in [-0.2, -0.15) is 15.5 Å². The Kier molecular flexibility index (Phi) is 19.3. The van der Waals surface area contributed by atoms with Gasteiger partial charge in [-0.05, 0) is 70.8 Å². The first kappa shape index (κ1) is 54.9. The maximum absolute atomic E-state index is 11.9.